The number of hydrogen-bond acceptors (Lipinski definition) is 5. The van der Waals surface area contributed by atoms with Crippen LogP contribution in [0.5, 0.6) is 0 Å². The van der Waals surface area contributed by atoms with Gasteiger partial charge in [0.15, 0.2) is 0 Å². The second-order valence-corrected chi connectivity index (χ2v) is 9.86. The molecule has 1 aromatic rings. The maximum Gasteiger partial charge on any atom is 0.243 e. The van der Waals surface area contributed by atoms with Gasteiger partial charge >= 0.3 is 0 Å². The first kappa shape index (κ1) is 23.4. The Labute approximate surface area is 187 Å². The van der Waals surface area contributed by atoms with E-state index in [9.17, 15) is 22.8 Å². The third kappa shape index (κ3) is 4.68. The van der Waals surface area contributed by atoms with Crippen molar-refractivity contribution in [3.05, 3.63) is 35.4 Å². The highest BCUT2D eigenvalue weighted by Gasteiger charge is 2.46. The molecule has 0 saturated carbocycles. The van der Waals surface area contributed by atoms with Crippen molar-refractivity contribution >= 4 is 45.0 Å². The molecule has 8 nitrogen and oxygen atoms in total. The summed E-state index contributed by atoms with van der Waals surface area (Å²) in [5.74, 6) is -1.61. The molecule has 1 N–H and O–H groups in total. The van der Waals surface area contributed by atoms with Crippen LogP contribution in [0.4, 0.5) is 5.69 Å². The fourth-order valence-electron chi connectivity index (χ4n) is 3.99. The molecular weight excluding hydrogens is 442 g/mol. The van der Waals surface area contributed by atoms with Crippen molar-refractivity contribution < 1.29 is 22.8 Å². The Morgan fingerprint density at radius 3 is 2.26 bits per heavy atom. The van der Waals surface area contributed by atoms with Crippen molar-refractivity contribution in [3.63, 3.8) is 0 Å². The monoisotopic (exact) mass is 467 g/mol. The maximum atomic E-state index is 12.7. The number of carbonyl (C=O) groups excluding carboxylic acids is 3. The molecule has 31 heavy (non-hydrogen) atoms. The number of likely N-dealkylation sites (tertiary alicyclic amines) is 1. The van der Waals surface area contributed by atoms with Gasteiger partial charge in [-0.05, 0) is 31.0 Å². The Morgan fingerprint density at radius 2 is 1.71 bits per heavy atom. The molecule has 0 spiro atoms. The van der Waals surface area contributed by atoms with E-state index in [1.54, 1.807) is 13.8 Å². The van der Waals surface area contributed by atoms with Crippen LogP contribution in [0.25, 0.3) is 0 Å². The molecule has 2 aliphatic rings. The normalized spacial score (nSPS) is 21.0. The Kier molecular flexibility index (Phi) is 7.18. The van der Waals surface area contributed by atoms with E-state index >= 15 is 0 Å². The van der Waals surface area contributed by atoms with Crippen LogP contribution in [0.15, 0.2) is 35.2 Å². The van der Waals surface area contributed by atoms with Gasteiger partial charge in [-0.15, -0.1) is 0 Å². The average Bonchev–Trinajstić information content (AvgIpc) is 2.99. The van der Waals surface area contributed by atoms with Gasteiger partial charge in [0.05, 0.1) is 27.4 Å². The predicted molar refractivity (Wildman–Crippen MR) is 117 cm³/mol. The van der Waals surface area contributed by atoms with Gasteiger partial charge in [-0.25, -0.2) is 8.42 Å². The minimum Gasteiger partial charge on any atom is -0.325 e. The van der Waals surface area contributed by atoms with Gasteiger partial charge in [0.2, 0.25) is 27.7 Å². The molecule has 3 rings (SSSR count). The van der Waals surface area contributed by atoms with Crippen LogP contribution >= 0.6 is 11.6 Å². The molecule has 1 aliphatic carbocycles. The zero-order chi connectivity index (χ0) is 22.8. The van der Waals surface area contributed by atoms with Crippen LogP contribution in [-0.4, -0.2) is 55.0 Å². The minimum absolute atomic E-state index is 0.0223. The molecule has 0 radical (unpaired) electrons. The Balaban J connectivity index is 1.67. The molecule has 1 heterocycles. The summed E-state index contributed by atoms with van der Waals surface area (Å²) in [6.45, 7) is 4.10. The molecule has 1 aromatic carbocycles. The predicted octanol–water partition coefficient (Wildman–Crippen LogP) is 2.65. The number of hydrogen-bond donors (Lipinski definition) is 1. The Morgan fingerprint density at radius 1 is 1.13 bits per heavy atom. The van der Waals surface area contributed by atoms with Crippen molar-refractivity contribution in [2.45, 2.75) is 38.0 Å². The summed E-state index contributed by atoms with van der Waals surface area (Å²) in [4.78, 5) is 38.6. The maximum absolute atomic E-state index is 12.7. The zero-order valence-electron chi connectivity index (χ0n) is 17.5. The van der Waals surface area contributed by atoms with Crippen molar-refractivity contribution in [1.82, 2.24) is 9.21 Å². The third-order valence-electron chi connectivity index (χ3n) is 5.72. The number of nitrogens with one attached hydrogen (secondary N) is 1. The smallest absolute Gasteiger partial charge is 0.243 e. The van der Waals surface area contributed by atoms with E-state index in [0.717, 1.165) is 4.90 Å². The molecule has 3 amide bonds. The van der Waals surface area contributed by atoms with Gasteiger partial charge in [0.25, 0.3) is 0 Å². The molecule has 10 heteroatoms. The third-order valence-corrected chi connectivity index (χ3v) is 8.09. The van der Waals surface area contributed by atoms with Crippen LogP contribution in [-0.2, 0) is 24.4 Å². The van der Waals surface area contributed by atoms with Crippen molar-refractivity contribution in [1.29, 1.82) is 0 Å². The quantitative estimate of drug-likeness (QED) is 0.467. The topological polar surface area (TPSA) is 104 Å². The summed E-state index contributed by atoms with van der Waals surface area (Å²) in [5.41, 5.74) is 0.164. The molecular formula is C21H26ClN3O5S. The number of amides is 3. The van der Waals surface area contributed by atoms with E-state index in [-0.39, 0.29) is 52.2 Å². The second-order valence-electron chi connectivity index (χ2n) is 7.51. The van der Waals surface area contributed by atoms with Crippen molar-refractivity contribution in [3.8, 4) is 0 Å². The van der Waals surface area contributed by atoms with Crippen molar-refractivity contribution in [2.75, 3.05) is 25.0 Å². The second kappa shape index (κ2) is 9.50. The summed E-state index contributed by atoms with van der Waals surface area (Å²) in [5, 5.41) is 2.79. The number of nitrogens with zero attached hydrogens (tertiary/aromatic N) is 2. The first-order valence-corrected chi connectivity index (χ1v) is 12.1. The summed E-state index contributed by atoms with van der Waals surface area (Å²) in [6.07, 6.45) is 4.80. The van der Waals surface area contributed by atoms with Gasteiger partial charge in [-0.2, -0.15) is 4.31 Å². The van der Waals surface area contributed by atoms with E-state index in [1.165, 1.54) is 22.5 Å². The summed E-state index contributed by atoms with van der Waals surface area (Å²) in [6, 6.07) is 4.13. The van der Waals surface area contributed by atoms with E-state index in [2.05, 4.69) is 5.32 Å². The highest BCUT2D eigenvalue weighted by Crippen LogP contribution is 2.35. The van der Waals surface area contributed by atoms with Gasteiger partial charge in [0, 0.05) is 26.1 Å². The molecule has 2 atom stereocenters. The number of allylic oxidation sites excluding steroid dienone is 2. The molecule has 1 fully saturated rings. The number of benzene rings is 1. The van der Waals surface area contributed by atoms with Gasteiger partial charge in [0.1, 0.15) is 0 Å². The Hall–Kier alpha value is -2.23. The lowest BCUT2D eigenvalue weighted by molar-refractivity contribution is -0.140. The molecule has 168 valence electrons. The van der Waals surface area contributed by atoms with Crippen LogP contribution in [0.1, 0.15) is 33.1 Å². The number of rotatable bonds is 8. The highest BCUT2D eigenvalue weighted by molar-refractivity contribution is 7.89. The number of fused-ring (bicyclic) bond motifs is 1. The lowest BCUT2D eigenvalue weighted by Crippen LogP contribution is -2.34. The van der Waals surface area contributed by atoms with Crippen molar-refractivity contribution in [2.24, 2.45) is 11.8 Å². The number of halogens is 1. The summed E-state index contributed by atoms with van der Waals surface area (Å²) < 4.78 is 26.8. The van der Waals surface area contributed by atoms with E-state index < -0.39 is 15.9 Å². The SMILES string of the molecule is CCN(CC)S(=O)(=O)c1ccc(Cl)c(NC(=O)CCN2C(=O)[C@H]3CC=CC[C@@H]3C2=O)c1. The molecule has 1 aliphatic heterocycles. The number of imide groups is 1. The standard InChI is InChI=1S/C21H26ClN3O5S/c1-3-24(4-2)31(29,30)14-9-10-17(22)18(13-14)23-19(26)11-12-25-20(27)15-7-5-6-8-16(15)21(25)28/h5-6,9-10,13,15-16H,3-4,7-8,11-12H2,1-2H3,(H,23,26)/t15-,16-/m0/s1. The van der Waals surface area contributed by atoms with Gasteiger partial charge in [-0.1, -0.05) is 37.6 Å². The number of sulfonamides is 1. The molecule has 1 saturated heterocycles. The number of anilines is 1. The van der Waals surface area contributed by atoms with E-state index in [1.807, 2.05) is 12.2 Å². The van der Waals surface area contributed by atoms with Crippen LogP contribution in [0.3, 0.4) is 0 Å². The van der Waals surface area contributed by atoms with E-state index in [4.69, 9.17) is 11.6 Å². The lowest BCUT2D eigenvalue weighted by Gasteiger charge is -2.19. The zero-order valence-corrected chi connectivity index (χ0v) is 19.1. The van der Waals surface area contributed by atoms with Crippen LogP contribution < -0.4 is 5.32 Å². The van der Waals surface area contributed by atoms with E-state index in [0.29, 0.717) is 25.9 Å². The first-order chi connectivity index (χ1) is 14.7. The number of carbonyl (C=O) groups is 3. The fourth-order valence-corrected chi connectivity index (χ4v) is 5.64. The largest absolute Gasteiger partial charge is 0.325 e. The lowest BCUT2D eigenvalue weighted by atomic mass is 9.85. The fraction of sp³-hybridized carbons (Fsp3) is 0.476. The Bertz CT molecular complexity index is 994. The summed E-state index contributed by atoms with van der Waals surface area (Å²) in [7, 11) is -3.71. The highest BCUT2D eigenvalue weighted by atomic mass is 35.5. The van der Waals surface area contributed by atoms with Gasteiger partial charge in [-0.3, -0.25) is 19.3 Å². The first-order valence-electron chi connectivity index (χ1n) is 10.3. The van der Waals surface area contributed by atoms with Crippen LogP contribution in [0.2, 0.25) is 5.02 Å². The van der Waals surface area contributed by atoms with Crippen LogP contribution in [0, 0.1) is 11.8 Å². The summed E-state index contributed by atoms with van der Waals surface area (Å²) >= 11 is 6.15. The molecule has 0 bridgehead atoms. The minimum atomic E-state index is -3.71. The molecule has 0 aromatic heterocycles. The van der Waals surface area contributed by atoms with Gasteiger partial charge < -0.3 is 5.32 Å². The molecule has 0 unspecified atom stereocenters. The average molecular weight is 468 g/mol.